The number of pyridine rings is 1. The van der Waals surface area contributed by atoms with Crippen molar-refractivity contribution in [2.75, 3.05) is 6.61 Å². The van der Waals surface area contributed by atoms with Crippen LogP contribution in [0.3, 0.4) is 0 Å². The van der Waals surface area contributed by atoms with Gasteiger partial charge in [-0.1, -0.05) is 91.3 Å². The van der Waals surface area contributed by atoms with E-state index in [2.05, 4.69) is 54.3 Å². The molecule has 3 aromatic carbocycles. The molecular weight excluding hydrogens is 681 g/mol. The van der Waals surface area contributed by atoms with Crippen LogP contribution >= 0.6 is 0 Å². The fourth-order valence-corrected chi connectivity index (χ4v) is 12.3. The molecule has 0 unspecified atom stereocenters. The summed E-state index contributed by atoms with van der Waals surface area (Å²) < 4.78 is 39.2. The van der Waals surface area contributed by atoms with E-state index in [1.807, 2.05) is 37.3 Å². The summed E-state index contributed by atoms with van der Waals surface area (Å²) in [4.78, 5) is 11.1. The van der Waals surface area contributed by atoms with Crippen LogP contribution in [0.25, 0.3) is 10.9 Å². The third kappa shape index (κ3) is 7.19. The molecule has 0 aliphatic heterocycles. The molecule has 4 aliphatic rings. The number of ether oxygens (including phenoxy) is 1. The van der Waals surface area contributed by atoms with Crippen molar-refractivity contribution in [2.45, 2.75) is 102 Å². The molecule has 0 saturated heterocycles. The van der Waals surface area contributed by atoms with Gasteiger partial charge in [0.25, 0.3) is 10.1 Å². The van der Waals surface area contributed by atoms with E-state index in [0.717, 1.165) is 47.7 Å². The molecular formula is C45H54N2O5S. The molecule has 280 valence electrons. The molecule has 4 fully saturated rings. The maximum Gasteiger partial charge on any atom is 0.297 e. The number of benzene rings is 3. The molecule has 1 aromatic heterocycles. The number of oxime groups is 1. The fourth-order valence-electron chi connectivity index (χ4n) is 11.4. The lowest BCUT2D eigenvalue weighted by atomic mass is 9.44. The van der Waals surface area contributed by atoms with Crippen LogP contribution in [0.5, 0.6) is 0 Å². The largest absolute Gasteiger partial charge is 0.390 e. The first-order chi connectivity index (χ1) is 25.6. The van der Waals surface area contributed by atoms with Gasteiger partial charge in [-0.3, -0.25) is 9.17 Å². The molecule has 0 N–H and O–H groups in total. The van der Waals surface area contributed by atoms with Crippen LogP contribution in [0.4, 0.5) is 0 Å². The molecule has 1 heterocycles. The molecule has 4 saturated carbocycles. The SMILES string of the molecule is Cc1ccc(S(=O)(=O)OC[C@@H](O/N=C/c2cccc3cccnc23)[C@H]2CC[C@H]3[C@@H]4CC[C@H]5C[C@@H](OCc6ccccc6)CC[C@]5(C)[C@H]4CC[C@]23C)cc1. The zero-order valence-electron chi connectivity index (χ0n) is 31.4. The minimum atomic E-state index is -3.97. The standard InChI is InChI=1S/C45H54N2O5S/c1-31-14-17-37(18-15-31)53(48,49)51-30-42(52-47-28-34-12-7-11-33-13-8-26-46-43(33)34)41-21-20-39-38-19-16-35-27-36(50-29-32-9-5-4-6-10-32)22-24-44(35,2)40(38)23-25-45(39,41)3/h4-15,17-18,26,28,35-36,38-42H,16,19-25,27,29-30H2,1-3H3/b47-28+/t35-,36-,38-,39-,40-,41+,42+,44-,45-/m0/s1. The third-order valence-electron chi connectivity index (χ3n) is 14.2. The minimum absolute atomic E-state index is 0.0124. The van der Waals surface area contributed by atoms with Crippen molar-refractivity contribution < 1.29 is 22.2 Å². The van der Waals surface area contributed by atoms with Gasteiger partial charge >= 0.3 is 0 Å². The van der Waals surface area contributed by atoms with E-state index in [0.29, 0.717) is 41.8 Å². The highest BCUT2D eigenvalue weighted by Crippen LogP contribution is 2.68. The van der Waals surface area contributed by atoms with Gasteiger partial charge in [0.15, 0.2) is 6.10 Å². The smallest absolute Gasteiger partial charge is 0.297 e. The molecule has 9 atom stereocenters. The van der Waals surface area contributed by atoms with Crippen LogP contribution < -0.4 is 0 Å². The van der Waals surface area contributed by atoms with Crippen molar-refractivity contribution in [2.24, 2.45) is 45.6 Å². The highest BCUT2D eigenvalue weighted by molar-refractivity contribution is 7.86. The Labute approximate surface area is 315 Å². The van der Waals surface area contributed by atoms with Crippen molar-refractivity contribution in [3.63, 3.8) is 0 Å². The molecule has 0 spiro atoms. The second-order valence-corrected chi connectivity index (χ2v) is 18.5. The van der Waals surface area contributed by atoms with Crippen LogP contribution in [0, 0.1) is 47.3 Å². The van der Waals surface area contributed by atoms with Crippen LogP contribution in [-0.2, 0) is 30.5 Å². The highest BCUT2D eigenvalue weighted by atomic mass is 32.2. The summed E-state index contributed by atoms with van der Waals surface area (Å²) in [6.07, 6.45) is 13.8. The van der Waals surface area contributed by atoms with Gasteiger partial charge in [0.2, 0.25) is 0 Å². The monoisotopic (exact) mass is 734 g/mol. The zero-order chi connectivity index (χ0) is 36.6. The van der Waals surface area contributed by atoms with E-state index in [9.17, 15) is 8.42 Å². The Morgan fingerprint density at radius 3 is 2.45 bits per heavy atom. The highest BCUT2D eigenvalue weighted by Gasteiger charge is 2.61. The summed E-state index contributed by atoms with van der Waals surface area (Å²) >= 11 is 0. The topological polar surface area (TPSA) is 87.1 Å². The van der Waals surface area contributed by atoms with Crippen LogP contribution in [0.1, 0.15) is 88.3 Å². The van der Waals surface area contributed by atoms with Crippen molar-refractivity contribution >= 4 is 27.2 Å². The Bertz CT molecular complexity index is 2010. The Morgan fingerprint density at radius 1 is 0.849 bits per heavy atom. The molecule has 7 nitrogen and oxygen atoms in total. The number of rotatable bonds is 11. The molecule has 0 bridgehead atoms. The normalized spacial score (nSPS) is 31.8. The van der Waals surface area contributed by atoms with Gasteiger partial charge in [-0.2, -0.15) is 8.42 Å². The number of aryl methyl sites for hydroxylation is 1. The Kier molecular flexibility index (Phi) is 10.2. The second kappa shape index (κ2) is 14.9. The molecule has 0 radical (unpaired) electrons. The molecule has 0 amide bonds. The zero-order valence-corrected chi connectivity index (χ0v) is 32.2. The van der Waals surface area contributed by atoms with Crippen LogP contribution in [0.15, 0.2) is 101 Å². The predicted molar refractivity (Wildman–Crippen MR) is 209 cm³/mol. The van der Waals surface area contributed by atoms with E-state index >= 15 is 0 Å². The van der Waals surface area contributed by atoms with Crippen molar-refractivity contribution in [3.8, 4) is 0 Å². The molecule has 8 rings (SSSR count). The van der Waals surface area contributed by atoms with E-state index in [1.165, 1.54) is 37.7 Å². The van der Waals surface area contributed by atoms with Gasteiger partial charge in [-0.05, 0) is 123 Å². The number of nitrogens with zero attached hydrogens (tertiary/aromatic N) is 2. The van der Waals surface area contributed by atoms with Crippen LogP contribution in [-0.4, -0.2) is 38.4 Å². The van der Waals surface area contributed by atoms with Crippen molar-refractivity contribution in [1.29, 1.82) is 0 Å². The van der Waals surface area contributed by atoms with E-state index < -0.39 is 16.2 Å². The van der Waals surface area contributed by atoms with Gasteiger partial charge in [-0.25, -0.2) is 0 Å². The maximum atomic E-state index is 13.4. The van der Waals surface area contributed by atoms with E-state index in [4.69, 9.17) is 13.8 Å². The first-order valence-electron chi connectivity index (χ1n) is 19.8. The average Bonchev–Trinajstić information content (AvgIpc) is 3.53. The van der Waals surface area contributed by atoms with Gasteiger partial charge < -0.3 is 9.57 Å². The Balaban J connectivity index is 0.993. The molecule has 4 aromatic rings. The summed E-state index contributed by atoms with van der Waals surface area (Å²) in [5, 5.41) is 5.55. The quantitative estimate of drug-likeness (QED) is 0.0867. The summed E-state index contributed by atoms with van der Waals surface area (Å²) in [7, 11) is -3.97. The summed E-state index contributed by atoms with van der Waals surface area (Å²) in [6.45, 7) is 7.62. The lowest BCUT2D eigenvalue weighted by molar-refractivity contribution is -0.145. The lowest BCUT2D eigenvalue weighted by Crippen LogP contribution is -2.54. The molecule has 4 aliphatic carbocycles. The van der Waals surface area contributed by atoms with Gasteiger partial charge in [0.05, 0.1) is 29.3 Å². The maximum absolute atomic E-state index is 13.4. The first-order valence-corrected chi connectivity index (χ1v) is 21.2. The average molecular weight is 735 g/mol. The number of fused-ring (bicyclic) bond motifs is 6. The first kappa shape index (κ1) is 36.4. The third-order valence-corrected chi connectivity index (χ3v) is 15.5. The van der Waals surface area contributed by atoms with Crippen molar-refractivity contribution in [1.82, 2.24) is 4.98 Å². The predicted octanol–water partition coefficient (Wildman–Crippen LogP) is 9.91. The molecule has 53 heavy (non-hydrogen) atoms. The number of hydrogen-bond donors (Lipinski definition) is 0. The summed E-state index contributed by atoms with van der Waals surface area (Å²) in [5.74, 6) is 2.78. The fraction of sp³-hybridized carbons (Fsp3) is 0.511. The Hall–Kier alpha value is -3.59. The number of hydrogen-bond acceptors (Lipinski definition) is 7. The Morgan fingerprint density at radius 2 is 1.62 bits per heavy atom. The number of para-hydroxylation sites is 1. The number of aromatic nitrogens is 1. The summed E-state index contributed by atoms with van der Waals surface area (Å²) in [5.41, 5.74) is 4.31. The second-order valence-electron chi connectivity index (χ2n) is 16.9. The minimum Gasteiger partial charge on any atom is -0.390 e. The lowest BCUT2D eigenvalue weighted by Gasteiger charge is -2.61. The summed E-state index contributed by atoms with van der Waals surface area (Å²) in [6, 6.07) is 27.3. The van der Waals surface area contributed by atoms with Gasteiger partial charge in [-0.15, -0.1) is 0 Å². The van der Waals surface area contributed by atoms with Gasteiger partial charge in [0.1, 0.15) is 6.61 Å². The van der Waals surface area contributed by atoms with E-state index in [1.54, 1.807) is 36.7 Å². The van der Waals surface area contributed by atoms with Gasteiger partial charge in [0, 0.05) is 23.1 Å². The van der Waals surface area contributed by atoms with Crippen LogP contribution in [0.2, 0.25) is 0 Å². The molecule has 8 heteroatoms. The van der Waals surface area contributed by atoms with Crippen molar-refractivity contribution in [3.05, 3.63) is 108 Å². The van der Waals surface area contributed by atoms with E-state index in [-0.39, 0.29) is 22.8 Å².